The first-order valence-electron chi connectivity index (χ1n) is 8.51. The predicted molar refractivity (Wildman–Crippen MR) is 98.3 cm³/mol. The zero-order valence-electron chi connectivity index (χ0n) is 14.5. The monoisotopic (exact) mass is 326 g/mol. The summed E-state index contributed by atoms with van der Waals surface area (Å²) in [4.78, 5) is 13.8. The number of hydrogen-bond donors (Lipinski definition) is 1. The fourth-order valence-corrected chi connectivity index (χ4v) is 2.46. The van der Waals surface area contributed by atoms with Gasteiger partial charge in [0.15, 0.2) is 0 Å². The number of rotatable bonds is 9. The molecule has 4 heteroatoms. The lowest BCUT2D eigenvalue weighted by Crippen LogP contribution is -2.31. The van der Waals surface area contributed by atoms with Crippen molar-refractivity contribution in [2.24, 2.45) is 0 Å². The standard InChI is InChI=1S/C20H26N2O2/c1-3-22(4-2)20(23)14-15-21-18-10-12-19(13-11-18)24-16-17-8-6-5-7-9-17/h5-13,21H,3-4,14-16H2,1-2H3. The summed E-state index contributed by atoms with van der Waals surface area (Å²) in [5.74, 6) is 1.03. The number of nitrogens with one attached hydrogen (secondary N) is 1. The minimum atomic E-state index is 0.190. The van der Waals surface area contributed by atoms with Gasteiger partial charge in [-0.15, -0.1) is 0 Å². The molecule has 0 atom stereocenters. The van der Waals surface area contributed by atoms with Crippen LogP contribution in [0.4, 0.5) is 5.69 Å². The van der Waals surface area contributed by atoms with E-state index in [1.807, 2.05) is 73.3 Å². The van der Waals surface area contributed by atoms with Crippen LogP contribution in [0, 0.1) is 0 Å². The van der Waals surface area contributed by atoms with Gasteiger partial charge in [-0.1, -0.05) is 30.3 Å². The summed E-state index contributed by atoms with van der Waals surface area (Å²) in [6.07, 6.45) is 0.508. The Morgan fingerprint density at radius 2 is 1.67 bits per heavy atom. The van der Waals surface area contributed by atoms with Crippen LogP contribution in [0.5, 0.6) is 5.75 Å². The molecule has 0 spiro atoms. The van der Waals surface area contributed by atoms with Crippen LogP contribution in [0.2, 0.25) is 0 Å². The highest BCUT2D eigenvalue weighted by Gasteiger charge is 2.08. The first-order chi connectivity index (χ1) is 11.7. The van der Waals surface area contributed by atoms with E-state index in [2.05, 4.69) is 5.32 Å². The second-order valence-electron chi connectivity index (χ2n) is 5.54. The van der Waals surface area contributed by atoms with Crippen LogP contribution < -0.4 is 10.1 Å². The normalized spacial score (nSPS) is 10.2. The molecule has 0 aliphatic heterocycles. The van der Waals surface area contributed by atoms with Crippen molar-refractivity contribution in [2.75, 3.05) is 25.0 Å². The van der Waals surface area contributed by atoms with E-state index in [4.69, 9.17) is 4.74 Å². The van der Waals surface area contributed by atoms with Gasteiger partial charge in [0.1, 0.15) is 12.4 Å². The Labute approximate surface area is 144 Å². The van der Waals surface area contributed by atoms with E-state index < -0.39 is 0 Å². The third kappa shape index (κ3) is 5.61. The minimum absolute atomic E-state index is 0.190. The number of nitrogens with zero attached hydrogens (tertiary/aromatic N) is 1. The van der Waals surface area contributed by atoms with Gasteiger partial charge in [0.05, 0.1) is 0 Å². The first kappa shape index (κ1) is 17.9. The van der Waals surface area contributed by atoms with Crippen molar-refractivity contribution in [1.82, 2.24) is 4.90 Å². The molecule has 1 N–H and O–H groups in total. The zero-order valence-corrected chi connectivity index (χ0v) is 14.5. The third-order valence-electron chi connectivity index (χ3n) is 3.89. The maximum absolute atomic E-state index is 11.9. The SMILES string of the molecule is CCN(CC)C(=O)CCNc1ccc(OCc2ccccc2)cc1. The molecule has 0 saturated carbocycles. The highest BCUT2D eigenvalue weighted by Crippen LogP contribution is 2.17. The molecule has 0 heterocycles. The molecule has 0 unspecified atom stereocenters. The maximum Gasteiger partial charge on any atom is 0.224 e. The molecule has 2 rings (SSSR count). The minimum Gasteiger partial charge on any atom is -0.489 e. The van der Waals surface area contributed by atoms with Crippen molar-refractivity contribution < 1.29 is 9.53 Å². The van der Waals surface area contributed by atoms with Gasteiger partial charge >= 0.3 is 0 Å². The van der Waals surface area contributed by atoms with Crippen LogP contribution >= 0.6 is 0 Å². The smallest absolute Gasteiger partial charge is 0.224 e. The van der Waals surface area contributed by atoms with Crippen molar-refractivity contribution in [3.63, 3.8) is 0 Å². The maximum atomic E-state index is 11.9. The summed E-state index contributed by atoms with van der Waals surface area (Å²) in [5, 5.41) is 3.28. The Bertz CT molecular complexity index is 607. The van der Waals surface area contributed by atoms with E-state index in [0.29, 0.717) is 19.6 Å². The molecular weight excluding hydrogens is 300 g/mol. The second kappa shape index (κ2) is 9.60. The number of carbonyl (C=O) groups excluding carboxylic acids is 1. The van der Waals surface area contributed by atoms with E-state index in [1.54, 1.807) is 0 Å². The van der Waals surface area contributed by atoms with Crippen LogP contribution in [0.15, 0.2) is 54.6 Å². The quantitative estimate of drug-likeness (QED) is 0.759. The van der Waals surface area contributed by atoms with Gasteiger partial charge in [-0.25, -0.2) is 0 Å². The largest absolute Gasteiger partial charge is 0.489 e. The van der Waals surface area contributed by atoms with Gasteiger partial charge in [0.2, 0.25) is 5.91 Å². The number of benzene rings is 2. The number of anilines is 1. The Hall–Kier alpha value is -2.49. The summed E-state index contributed by atoms with van der Waals surface area (Å²) in [5.41, 5.74) is 2.14. The molecule has 0 aliphatic rings. The van der Waals surface area contributed by atoms with Crippen LogP contribution in [-0.4, -0.2) is 30.4 Å². The lowest BCUT2D eigenvalue weighted by atomic mass is 10.2. The van der Waals surface area contributed by atoms with Crippen molar-refractivity contribution in [3.05, 3.63) is 60.2 Å². The summed E-state index contributed by atoms with van der Waals surface area (Å²) in [6.45, 7) is 6.74. The van der Waals surface area contributed by atoms with E-state index in [1.165, 1.54) is 0 Å². The lowest BCUT2D eigenvalue weighted by molar-refractivity contribution is -0.130. The Balaban J connectivity index is 1.75. The van der Waals surface area contributed by atoms with E-state index >= 15 is 0 Å². The second-order valence-corrected chi connectivity index (χ2v) is 5.54. The van der Waals surface area contributed by atoms with Crippen molar-refractivity contribution in [1.29, 1.82) is 0 Å². The summed E-state index contributed by atoms with van der Waals surface area (Å²) < 4.78 is 5.76. The van der Waals surface area contributed by atoms with Gasteiger partial charge in [-0.05, 0) is 43.7 Å². The van der Waals surface area contributed by atoms with Crippen LogP contribution in [-0.2, 0) is 11.4 Å². The Morgan fingerprint density at radius 3 is 2.29 bits per heavy atom. The topological polar surface area (TPSA) is 41.6 Å². The number of hydrogen-bond acceptors (Lipinski definition) is 3. The molecular formula is C20H26N2O2. The summed E-state index contributed by atoms with van der Waals surface area (Å²) >= 11 is 0. The highest BCUT2D eigenvalue weighted by atomic mass is 16.5. The number of carbonyl (C=O) groups is 1. The predicted octanol–water partition coefficient (Wildman–Crippen LogP) is 3.94. The van der Waals surface area contributed by atoms with Gasteiger partial charge in [-0.2, -0.15) is 0 Å². The molecule has 2 aromatic rings. The van der Waals surface area contributed by atoms with Gasteiger partial charge in [0, 0.05) is 31.7 Å². The summed E-state index contributed by atoms with van der Waals surface area (Å²) in [6, 6.07) is 17.9. The number of amides is 1. The molecule has 4 nitrogen and oxygen atoms in total. The molecule has 128 valence electrons. The van der Waals surface area contributed by atoms with E-state index in [-0.39, 0.29) is 5.91 Å². The lowest BCUT2D eigenvalue weighted by Gasteiger charge is -2.18. The van der Waals surface area contributed by atoms with Crippen LogP contribution in [0.1, 0.15) is 25.8 Å². The Kier molecular flexibility index (Phi) is 7.15. The fraction of sp³-hybridized carbons (Fsp3) is 0.350. The van der Waals surface area contributed by atoms with Crippen molar-refractivity contribution in [3.8, 4) is 5.75 Å². The molecule has 0 saturated heterocycles. The van der Waals surface area contributed by atoms with Gasteiger partial charge in [-0.3, -0.25) is 4.79 Å². The van der Waals surface area contributed by atoms with Crippen molar-refractivity contribution in [2.45, 2.75) is 26.9 Å². The van der Waals surface area contributed by atoms with Gasteiger partial charge in [0.25, 0.3) is 0 Å². The molecule has 0 bridgehead atoms. The van der Waals surface area contributed by atoms with Crippen molar-refractivity contribution >= 4 is 11.6 Å². The molecule has 0 radical (unpaired) electrons. The molecule has 24 heavy (non-hydrogen) atoms. The van der Waals surface area contributed by atoms with Gasteiger partial charge < -0.3 is 15.0 Å². The number of ether oxygens (including phenoxy) is 1. The molecule has 0 aromatic heterocycles. The summed E-state index contributed by atoms with van der Waals surface area (Å²) in [7, 11) is 0. The third-order valence-corrected chi connectivity index (χ3v) is 3.89. The van der Waals surface area contributed by atoms with E-state index in [9.17, 15) is 4.79 Å². The zero-order chi connectivity index (χ0) is 17.2. The van der Waals surface area contributed by atoms with Crippen LogP contribution in [0.25, 0.3) is 0 Å². The molecule has 0 fully saturated rings. The van der Waals surface area contributed by atoms with E-state index in [0.717, 1.165) is 30.1 Å². The molecule has 2 aromatic carbocycles. The Morgan fingerprint density at radius 1 is 1.00 bits per heavy atom. The highest BCUT2D eigenvalue weighted by molar-refractivity contribution is 5.76. The molecule has 0 aliphatic carbocycles. The molecule has 1 amide bonds. The first-order valence-corrected chi connectivity index (χ1v) is 8.51. The average Bonchev–Trinajstić information content (AvgIpc) is 2.63. The fourth-order valence-electron chi connectivity index (χ4n) is 2.46. The average molecular weight is 326 g/mol. The van der Waals surface area contributed by atoms with Crippen LogP contribution in [0.3, 0.4) is 0 Å².